The standard InChI is InChI=1S/C14H10ClN3O2/c15-12-5-4-11(14(7-12)18(19)20)9-17-13-3-1-2-10(6-13)8-16/h1-7,17H,9H2. The molecule has 2 rings (SSSR count). The van der Waals surface area contributed by atoms with Crippen molar-refractivity contribution in [2.75, 3.05) is 5.32 Å². The highest BCUT2D eigenvalue weighted by Crippen LogP contribution is 2.24. The van der Waals surface area contributed by atoms with Gasteiger partial charge in [0.15, 0.2) is 0 Å². The summed E-state index contributed by atoms with van der Waals surface area (Å²) in [6.07, 6.45) is 0. The molecular formula is C14H10ClN3O2. The summed E-state index contributed by atoms with van der Waals surface area (Å²) in [5.74, 6) is 0. The number of nitrogens with zero attached hydrogens (tertiary/aromatic N) is 2. The van der Waals surface area contributed by atoms with E-state index in [1.807, 2.05) is 6.07 Å². The van der Waals surface area contributed by atoms with Gasteiger partial charge in [0.05, 0.1) is 16.6 Å². The number of hydrogen-bond acceptors (Lipinski definition) is 4. The zero-order valence-corrected chi connectivity index (χ0v) is 11.1. The van der Waals surface area contributed by atoms with Crippen LogP contribution in [-0.2, 0) is 6.54 Å². The van der Waals surface area contributed by atoms with Gasteiger partial charge in [-0.2, -0.15) is 5.26 Å². The molecular weight excluding hydrogens is 278 g/mol. The van der Waals surface area contributed by atoms with E-state index in [4.69, 9.17) is 16.9 Å². The predicted molar refractivity (Wildman–Crippen MR) is 76.6 cm³/mol. The monoisotopic (exact) mass is 287 g/mol. The smallest absolute Gasteiger partial charge is 0.275 e. The first-order valence-corrected chi connectivity index (χ1v) is 6.15. The molecule has 0 spiro atoms. The summed E-state index contributed by atoms with van der Waals surface area (Å²) in [6.45, 7) is 0.280. The van der Waals surface area contributed by atoms with Gasteiger partial charge in [0.25, 0.3) is 5.69 Å². The van der Waals surface area contributed by atoms with Gasteiger partial charge in [0, 0.05) is 28.9 Å². The first-order valence-electron chi connectivity index (χ1n) is 5.77. The van der Waals surface area contributed by atoms with Crippen molar-refractivity contribution in [3.63, 3.8) is 0 Å². The van der Waals surface area contributed by atoms with Gasteiger partial charge in [-0.3, -0.25) is 10.1 Å². The maximum Gasteiger partial charge on any atom is 0.275 e. The summed E-state index contributed by atoms with van der Waals surface area (Å²) in [5, 5.41) is 23.2. The summed E-state index contributed by atoms with van der Waals surface area (Å²) in [6, 6.07) is 13.5. The number of nitriles is 1. The number of benzene rings is 2. The number of nitro benzene ring substituents is 1. The van der Waals surface area contributed by atoms with Crippen LogP contribution in [0.2, 0.25) is 5.02 Å². The SMILES string of the molecule is N#Cc1cccc(NCc2ccc(Cl)cc2[N+](=O)[O-])c1. The first-order chi connectivity index (χ1) is 9.60. The van der Waals surface area contributed by atoms with E-state index in [9.17, 15) is 10.1 Å². The second-order valence-electron chi connectivity index (χ2n) is 4.08. The molecule has 5 nitrogen and oxygen atoms in total. The van der Waals surface area contributed by atoms with E-state index in [0.29, 0.717) is 16.1 Å². The van der Waals surface area contributed by atoms with Crippen LogP contribution in [0.5, 0.6) is 0 Å². The minimum atomic E-state index is -0.464. The highest BCUT2D eigenvalue weighted by atomic mass is 35.5. The Balaban J connectivity index is 2.19. The van der Waals surface area contributed by atoms with Crippen molar-refractivity contribution < 1.29 is 4.92 Å². The molecule has 2 aromatic carbocycles. The molecule has 1 N–H and O–H groups in total. The van der Waals surface area contributed by atoms with E-state index < -0.39 is 4.92 Å². The first kappa shape index (κ1) is 13.8. The summed E-state index contributed by atoms with van der Waals surface area (Å²) < 4.78 is 0. The number of nitro groups is 1. The fourth-order valence-electron chi connectivity index (χ4n) is 1.75. The van der Waals surface area contributed by atoms with E-state index in [1.165, 1.54) is 6.07 Å². The zero-order chi connectivity index (χ0) is 14.5. The third kappa shape index (κ3) is 3.25. The molecule has 0 aromatic heterocycles. The van der Waals surface area contributed by atoms with Crippen LogP contribution < -0.4 is 5.32 Å². The summed E-state index contributed by atoms with van der Waals surface area (Å²) >= 11 is 5.76. The molecule has 0 atom stereocenters. The van der Waals surface area contributed by atoms with Crippen molar-refractivity contribution in [3.8, 4) is 6.07 Å². The van der Waals surface area contributed by atoms with Gasteiger partial charge in [-0.15, -0.1) is 0 Å². The van der Waals surface area contributed by atoms with E-state index in [-0.39, 0.29) is 12.2 Å². The Morgan fingerprint density at radius 2 is 2.10 bits per heavy atom. The highest BCUT2D eigenvalue weighted by Gasteiger charge is 2.13. The molecule has 0 radical (unpaired) electrons. The van der Waals surface area contributed by atoms with Gasteiger partial charge in [0.1, 0.15) is 0 Å². The second-order valence-corrected chi connectivity index (χ2v) is 4.51. The fraction of sp³-hybridized carbons (Fsp3) is 0.0714. The Morgan fingerprint density at radius 1 is 1.30 bits per heavy atom. The molecule has 0 aliphatic heterocycles. The van der Waals surface area contributed by atoms with Crippen LogP contribution in [-0.4, -0.2) is 4.92 Å². The lowest BCUT2D eigenvalue weighted by molar-refractivity contribution is -0.385. The average Bonchev–Trinajstić information content (AvgIpc) is 2.46. The Labute approximate surface area is 120 Å². The van der Waals surface area contributed by atoms with Crippen LogP contribution in [0.3, 0.4) is 0 Å². The molecule has 0 amide bonds. The van der Waals surface area contributed by atoms with E-state index in [1.54, 1.807) is 36.4 Å². The summed E-state index contributed by atoms with van der Waals surface area (Å²) in [4.78, 5) is 10.5. The lowest BCUT2D eigenvalue weighted by atomic mass is 10.1. The van der Waals surface area contributed by atoms with E-state index in [2.05, 4.69) is 5.32 Å². The van der Waals surface area contributed by atoms with Crippen LogP contribution in [0, 0.1) is 21.4 Å². The van der Waals surface area contributed by atoms with Gasteiger partial charge in [-0.05, 0) is 30.3 Å². The Morgan fingerprint density at radius 3 is 2.80 bits per heavy atom. The van der Waals surface area contributed by atoms with Crippen LogP contribution >= 0.6 is 11.6 Å². The highest BCUT2D eigenvalue weighted by molar-refractivity contribution is 6.30. The molecule has 0 aliphatic carbocycles. The Hall–Kier alpha value is -2.58. The van der Waals surface area contributed by atoms with Crippen LogP contribution in [0.4, 0.5) is 11.4 Å². The van der Waals surface area contributed by atoms with Crippen molar-refractivity contribution >= 4 is 23.0 Å². The molecule has 0 heterocycles. The van der Waals surface area contributed by atoms with Crippen LogP contribution in [0.25, 0.3) is 0 Å². The normalized spacial score (nSPS) is 9.80. The van der Waals surface area contributed by atoms with Gasteiger partial charge >= 0.3 is 0 Å². The number of rotatable bonds is 4. The minimum absolute atomic E-state index is 0.0264. The maximum atomic E-state index is 11.0. The number of hydrogen-bond donors (Lipinski definition) is 1. The number of anilines is 1. The largest absolute Gasteiger partial charge is 0.381 e. The molecule has 2 aromatic rings. The van der Waals surface area contributed by atoms with Crippen molar-refractivity contribution in [2.45, 2.75) is 6.54 Å². The van der Waals surface area contributed by atoms with Gasteiger partial charge in [0.2, 0.25) is 0 Å². The average molecular weight is 288 g/mol. The third-order valence-corrected chi connectivity index (χ3v) is 2.95. The number of nitrogens with one attached hydrogen (secondary N) is 1. The lowest BCUT2D eigenvalue weighted by Crippen LogP contribution is -2.03. The minimum Gasteiger partial charge on any atom is -0.381 e. The molecule has 20 heavy (non-hydrogen) atoms. The van der Waals surface area contributed by atoms with Crippen molar-refractivity contribution in [3.05, 3.63) is 68.7 Å². The van der Waals surface area contributed by atoms with Gasteiger partial charge in [-0.1, -0.05) is 17.7 Å². The van der Waals surface area contributed by atoms with E-state index >= 15 is 0 Å². The molecule has 6 heteroatoms. The topological polar surface area (TPSA) is 79.0 Å². The fourth-order valence-corrected chi connectivity index (χ4v) is 1.92. The van der Waals surface area contributed by atoms with Crippen LogP contribution in [0.15, 0.2) is 42.5 Å². The van der Waals surface area contributed by atoms with Gasteiger partial charge < -0.3 is 5.32 Å². The maximum absolute atomic E-state index is 11.0. The molecule has 0 saturated carbocycles. The molecule has 100 valence electrons. The second kappa shape index (κ2) is 6.04. The van der Waals surface area contributed by atoms with E-state index in [0.717, 1.165) is 5.69 Å². The summed E-state index contributed by atoms with van der Waals surface area (Å²) in [5.41, 5.74) is 1.76. The molecule has 0 bridgehead atoms. The van der Waals surface area contributed by atoms with Crippen molar-refractivity contribution in [2.24, 2.45) is 0 Å². The Bertz CT molecular complexity index is 695. The molecule has 0 saturated heterocycles. The summed E-state index contributed by atoms with van der Waals surface area (Å²) in [7, 11) is 0. The van der Waals surface area contributed by atoms with Crippen LogP contribution in [0.1, 0.15) is 11.1 Å². The molecule has 0 fully saturated rings. The number of halogens is 1. The lowest BCUT2D eigenvalue weighted by Gasteiger charge is -2.07. The Kier molecular flexibility index (Phi) is 4.18. The third-order valence-electron chi connectivity index (χ3n) is 2.72. The molecule has 0 aliphatic rings. The molecule has 0 unspecified atom stereocenters. The zero-order valence-electron chi connectivity index (χ0n) is 10.3. The van der Waals surface area contributed by atoms with Crippen molar-refractivity contribution in [1.82, 2.24) is 0 Å². The van der Waals surface area contributed by atoms with Gasteiger partial charge in [-0.25, -0.2) is 0 Å². The predicted octanol–water partition coefficient (Wildman–Crippen LogP) is 3.73. The quantitative estimate of drug-likeness (QED) is 0.686. The van der Waals surface area contributed by atoms with Crippen molar-refractivity contribution in [1.29, 1.82) is 5.26 Å².